The van der Waals surface area contributed by atoms with Crippen LogP contribution >= 0.6 is 0 Å². The maximum atomic E-state index is 12.9. The van der Waals surface area contributed by atoms with Crippen molar-refractivity contribution < 1.29 is 18.3 Å². The van der Waals surface area contributed by atoms with Gasteiger partial charge in [-0.1, -0.05) is 30.3 Å². The maximum absolute atomic E-state index is 12.9. The number of phenolic OH excluding ortho intramolecular Hbond substituents is 1. The zero-order valence-corrected chi connectivity index (χ0v) is 19.1. The Balaban J connectivity index is 1.37. The van der Waals surface area contributed by atoms with Crippen molar-refractivity contribution in [2.24, 2.45) is 0 Å². The minimum atomic E-state index is -3.68. The van der Waals surface area contributed by atoms with Gasteiger partial charge in [0.25, 0.3) is 5.91 Å². The molecule has 3 heterocycles. The summed E-state index contributed by atoms with van der Waals surface area (Å²) >= 11 is 0. The largest absolute Gasteiger partial charge is 0.506 e. The first-order valence-corrected chi connectivity index (χ1v) is 12.4. The number of amides is 1. The van der Waals surface area contributed by atoms with Crippen molar-refractivity contribution in [3.05, 3.63) is 78.1 Å². The molecule has 5 rings (SSSR count). The number of benzene rings is 2. The number of carbonyl (C=O) groups excluding carboxylic acids is 1. The minimum absolute atomic E-state index is 0.0186. The Morgan fingerprint density at radius 2 is 1.79 bits per heavy atom. The second-order valence-corrected chi connectivity index (χ2v) is 10.1. The van der Waals surface area contributed by atoms with Gasteiger partial charge in [-0.2, -0.15) is 9.40 Å². The fourth-order valence-electron chi connectivity index (χ4n) is 4.02. The number of sulfonamides is 1. The Hall–Kier alpha value is -3.76. The van der Waals surface area contributed by atoms with Gasteiger partial charge in [-0.05, 0) is 42.7 Å². The van der Waals surface area contributed by atoms with E-state index < -0.39 is 15.9 Å². The topological polar surface area (TPSA) is 117 Å². The fourth-order valence-corrected chi connectivity index (χ4v) is 5.56. The first kappa shape index (κ1) is 22.1. The van der Waals surface area contributed by atoms with Gasteiger partial charge in [0, 0.05) is 24.7 Å². The van der Waals surface area contributed by atoms with Crippen LogP contribution in [-0.2, 0) is 16.6 Å². The molecule has 1 aliphatic heterocycles. The molecule has 2 aromatic carbocycles. The Bertz CT molecular complexity index is 1460. The number of hydrogen-bond acceptors (Lipinski definition) is 6. The van der Waals surface area contributed by atoms with Crippen molar-refractivity contribution in [1.82, 2.24) is 19.1 Å². The lowest BCUT2D eigenvalue weighted by Gasteiger charge is -2.16. The third kappa shape index (κ3) is 4.25. The summed E-state index contributed by atoms with van der Waals surface area (Å²) in [6.45, 7) is 1.48. The molecule has 1 saturated heterocycles. The van der Waals surface area contributed by atoms with Gasteiger partial charge in [0.2, 0.25) is 10.0 Å². The molecule has 0 bridgehead atoms. The first-order chi connectivity index (χ1) is 16.4. The number of aromatic hydroxyl groups is 1. The molecule has 0 saturated carbocycles. The van der Waals surface area contributed by atoms with E-state index in [9.17, 15) is 18.3 Å². The number of aromatic nitrogens is 3. The predicted octanol–water partition coefficient (Wildman–Crippen LogP) is 3.22. The van der Waals surface area contributed by atoms with E-state index in [2.05, 4.69) is 15.4 Å². The number of anilines is 1. The van der Waals surface area contributed by atoms with Crippen molar-refractivity contribution in [2.45, 2.75) is 24.3 Å². The summed E-state index contributed by atoms with van der Waals surface area (Å²) in [5, 5.41) is 17.9. The second kappa shape index (κ2) is 8.88. The van der Waals surface area contributed by atoms with Crippen molar-refractivity contribution in [3.8, 4) is 5.75 Å². The lowest BCUT2D eigenvalue weighted by Crippen LogP contribution is -2.28. The lowest BCUT2D eigenvalue weighted by atomic mass is 10.2. The normalized spacial score (nSPS) is 14.5. The van der Waals surface area contributed by atoms with Crippen LogP contribution in [0, 0.1) is 0 Å². The molecular weight excluding hydrogens is 454 g/mol. The van der Waals surface area contributed by atoms with Crippen LogP contribution in [0.15, 0.2) is 71.9 Å². The van der Waals surface area contributed by atoms with Crippen LogP contribution < -0.4 is 5.32 Å². The number of carbonyl (C=O) groups is 1. The van der Waals surface area contributed by atoms with Crippen LogP contribution in [0.3, 0.4) is 0 Å². The molecule has 9 nitrogen and oxygen atoms in total. The Morgan fingerprint density at radius 1 is 1.03 bits per heavy atom. The highest BCUT2D eigenvalue weighted by Crippen LogP contribution is 2.30. The standard InChI is InChI=1S/C24H23N5O4S/c30-22-9-8-20(34(32,33)28-10-4-5-11-28)13-21(22)27-24(31)19-12-18-15-26-29(23(18)25-14-19)16-17-6-2-1-3-7-17/h1-3,6-9,12-15,30H,4-5,10-11,16H2,(H,27,31). The lowest BCUT2D eigenvalue weighted by molar-refractivity contribution is 0.102. The number of phenols is 1. The zero-order chi connectivity index (χ0) is 23.7. The molecule has 0 aliphatic carbocycles. The van der Waals surface area contributed by atoms with E-state index in [-0.39, 0.29) is 21.9 Å². The minimum Gasteiger partial charge on any atom is -0.506 e. The highest BCUT2D eigenvalue weighted by atomic mass is 32.2. The van der Waals surface area contributed by atoms with Crippen LogP contribution in [0.2, 0.25) is 0 Å². The van der Waals surface area contributed by atoms with Crippen LogP contribution in [-0.4, -0.2) is 51.6 Å². The number of nitrogens with one attached hydrogen (secondary N) is 1. The van der Waals surface area contributed by atoms with E-state index in [0.29, 0.717) is 30.7 Å². The number of fused-ring (bicyclic) bond motifs is 1. The molecule has 0 atom stereocenters. The summed E-state index contributed by atoms with van der Waals surface area (Å²) in [7, 11) is -3.68. The average molecular weight is 478 g/mol. The highest BCUT2D eigenvalue weighted by Gasteiger charge is 2.28. The van der Waals surface area contributed by atoms with Gasteiger partial charge in [-0.25, -0.2) is 18.1 Å². The molecule has 34 heavy (non-hydrogen) atoms. The molecule has 1 aliphatic rings. The SMILES string of the molecule is O=C(Nc1cc(S(=O)(=O)N2CCCC2)ccc1O)c1cnc2c(cnn2Cc2ccccc2)c1. The molecule has 1 amide bonds. The smallest absolute Gasteiger partial charge is 0.257 e. The highest BCUT2D eigenvalue weighted by molar-refractivity contribution is 7.89. The molecule has 174 valence electrons. The van der Waals surface area contributed by atoms with Crippen LogP contribution in [0.1, 0.15) is 28.8 Å². The molecule has 10 heteroatoms. The molecule has 0 spiro atoms. The van der Waals surface area contributed by atoms with E-state index >= 15 is 0 Å². The third-order valence-electron chi connectivity index (χ3n) is 5.83. The van der Waals surface area contributed by atoms with E-state index in [1.165, 1.54) is 28.7 Å². The van der Waals surface area contributed by atoms with Gasteiger partial charge >= 0.3 is 0 Å². The van der Waals surface area contributed by atoms with Crippen LogP contribution in [0.4, 0.5) is 5.69 Å². The van der Waals surface area contributed by atoms with Crippen molar-refractivity contribution in [2.75, 3.05) is 18.4 Å². The van der Waals surface area contributed by atoms with Crippen LogP contribution in [0.5, 0.6) is 5.75 Å². The molecule has 0 radical (unpaired) electrons. The van der Waals surface area contributed by atoms with Gasteiger partial charge in [0.1, 0.15) is 5.75 Å². The zero-order valence-electron chi connectivity index (χ0n) is 18.3. The van der Waals surface area contributed by atoms with E-state index in [4.69, 9.17) is 0 Å². The molecular formula is C24H23N5O4S. The van der Waals surface area contributed by atoms with Gasteiger partial charge in [0.15, 0.2) is 5.65 Å². The molecule has 2 N–H and O–H groups in total. The van der Waals surface area contributed by atoms with E-state index in [0.717, 1.165) is 18.4 Å². The van der Waals surface area contributed by atoms with Crippen molar-refractivity contribution in [3.63, 3.8) is 0 Å². The quantitative estimate of drug-likeness (QED) is 0.412. The summed E-state index contributed by atoms with van der Waals surface area (Å²) in [6, 6.07) is 15.4. The number of pyridine rings is 1. The molecule has 2 aromatic heterocycles. The second-order valence-electron chi connectivity index (χ2n) is 8.17. The van der Waals surface area contributed by atoms with Gasteiger partial charge < -0.3 is 10.4 Å². The first-order valence-electron chi connectivity index (χ1n) is 10.9. The number of hydrogen-bond donors (Lipinski definition) is 2. The molecule has 4 aromatic rings. The van der Waals surface area contributed by atoms with Crippen molar-refractivity contribution >= 4 is 32.7 Å². The molecule has 1 fully saturated rings. The fraction of sp³-hybridized carbons (Fsp3) is 0.208. The van der Waals surface area contributed by atoms with Gasteiger partial charge in [-0.3, -0.25) is 4.79 Å². The van der Waals surface area contributed by atoms with Gasteiger partial charge in [0.05, 0.1) is 28.9 Å². The Morgan fingerprint density at radius 3 is 2.56 bits per heavy atom. The summed E-state index contributed by atoms with van der Waals surface area (Å²) in [5.41, 5.74) is 2.00. The van der Waals surface area contributed by atoms with E-state index in [1.807, 2.05) is 30.3 Å². The van der Waals surface area contributed by atoms with Gasteiger partial charge in [-0.15, -0.1) is 0 Å². The average Bonchev–Trinajstić information content (AvgIpc) is 3.52. The Labute approximate surface area is 196 Å². The monoisotopic (exact) mass is 477 g/mol. The predicted molar refractivity (Wildman–Crippen MR) is 127 cm³/mol. The van der Waals surface area contributed by atoms with E-state index in [1.54, 1.807) is 16.9 Å². The summed E-state index contributed by atoms with van der Waals surface area (Å²) < 4.78 is 28.9. The third-order valence-corrected chi connectivity index (χ3v) is 7.73. The summed E-state index contributed by atoms with van der Waals surface area (Å²) in [6.07, 6.45) is 4.71. The summed E-state index contributed by atoms with van der Waals surface area (Å²) in [4.78, 5) is 17.3. The van der Waals surface area contributed by atoms with Crippen molar-refractivity contribution in [1.29, 1.82) is 0 Å². The number of rotatable bonds is 6. The number of nitrogens with zero attached hydrogens (tertiary/aromatic N) is 4. The Kier molecular flexibility index (Phi) is 5.76. The molecule has 0 unspecified atom stereocenters. The van der Waals surface area contributed by atoms with Crippen LogP contribution in [0.25, 0.3) is 11.0 Å². The summed E-state index contributed by atoms with van der Waals surface area (Å²) in [5.74, 6) is -0.741. The maximum Gasteiger partial charge on any atom is 0.257 e.